The van der Waals surface area contributed by atoms with E-state index in [-0.39, 0.29) is 0 Å². The van der Waals surface area contributed by atoms with Gasteiger partial charge in [-0.1, -0.05) is 25.7 Å². The molecule has 3 heteroatoms. The van der Waals surface area contributed by atoms with Gasteiger partial charge in [0.15, 0.2) is 0 Å². The van der Waals surface area contributed by atoms with E-state index in [1.165, 1.54) is 11.8 Å². The molecule has 0 aromatic carbocycles. The molecular weight excluding hydrogens is 192 g/mol. The molecule has 2 bridgehead atoms. The van der Waals surface area contributed by atoms with E-state index in [2.05, 4.69) is 0 Å². The smallest absolute Gasteiger partial charge is 0.331 e. The minimum atomic E-state index is -1.65. The second-order valence-electron chi connectivity index (χ2n) is 4.93. The number of rotatable bonds is 2. The summed E-state index contributed by atoms with van der Waals surface area (Å²) in [6.07, 6.45) is 7.82. The van der Waals surface area contributed by atoms with Crippen molar-refractivity contribution < 1.29 is 8.85 Å². The van der Waals surface area contributed by atoms with Crippen LogP contribution in [-0.2, 0) is 8.85 Å². The Balaban J connectivity index is 0.000000140. The van der Waals surface area contributed by atoms with Crippen molar-refractivity contribution in [3.05, 3.63) is 0 Å². The van der Waals surface area contributed by atoms with Crippen LogP contribution in [0.2, 0.25) is 13.1 Å². The predicted octanol–water partition coefficient (Wildman–Crippen LogP) is 3.18. The Bertz CT molecular complexity index is 147. The van der Waals surface area contributed by atoms with E-state index in [0.29, 0.717) is 0 Å². The zero-order valence-corrected chi connectivity index (χ0v) is 11.0. The van der Waals surface area contributed by atoms with Crippen molar-refractivity contribution in [2.75, 3.05) is 14.2 Å². The van der Waals surface area contributed by atoms with Crippen LogP contribution in [0.25, 0.3) is 0 Å². The quantitative estimate of drug-likeness (QED) is 0.660. The molecule has 0 atom stereocenters. The molecule has 0 N–H and O–H groups in total. The third-order valence-electron chi connectivity index (χ3n) is 3.62. The highest BCUT2D eigenvalue weighted by Crippen LogP contribution is 2.43. The molecule has 0 saturated heterocycles. The molecule has 0 aromatic heterocycles. The van der Waals surface area contributed by atoms with Gasteiger partial charge < -0.3 is 8.85 Å². The lowest BCUT2D eigenvalue weighted by molar-refractivity contribution is 0.258. The molecule has 0 amide bonds. The maximum atomic E-state index is 5.00. The lowest BCUT2D eigenvalue weighted by Crippen LogP contribution is -2.31. The molecule has 0 unspecified atom stereocenters. The molecule has 2 aliphatic carbocycles. The lowest BCUT2D eigenvalue weighted by atomic mass is 10.0. The molecule has 0 spiro atoms. The van der Waals surface area contributed by atoms with Crippen molar-refractivity contribution in [3.8, 4) is 0 Å². The Kier molecular flexibility index (Phi) is 4.61. The van der Waals surface area contributed by atoms with Crippen LogP contribution in [0, 0.1) is 11.8 Å². The zero-order chi connectivity index (χ0) is 10.6. The van der Waals surface area contributed by atoms with Crippen molar-refractivity contribution in [3.63, 3.8) is 0 Å². The summed E-state index contributed by atoms with van der Waals surface area (Å²) in [6, 6.07) is 0. The molecule has 2 nitrogen and oxygen atoms in total. The first-order valence-electron chi connectivity index (χ1n) is 5.67. The Labute approximate surface area is 89.2 Å². The van der Waals surface area contributed by atoms with Crippen molar-refractivity contribution >= 4 is 8.56 Å². The summed E-state index contributed by atoms with van der Waals surface area (Å²) < 4.78 is 10.0. The first-order valence-corrected chi connectivity index (χ1v) is 8.49. The largest absolute Gasteiger partial charge is 0.398 e. The molecule has 0 radical (unpaired) electrons. The van der Waals surface area contributed by atoms with Crippen LogP contribution in [-0.4, -0.2) is 22.8 Å². The highest BCUT2D eigenvalue weighted by atomic mass is 28.4. The van der Waals surface area contributed by atoms with E-state index >= 15 is 0 Å². The van der Waals surface area contributed by atoms with Crippen LogP contribution in [0.3, 0.4) is 0 Å². The molecule has 0 aliphatic heterocycles. The molecule has 0 aromatic rings. The SMILES string of the molecule is C1CC2CCC1C2.CO[Si](C)(C)OC. The number of hydrogen-bond donors (Lipinski definition) is 0. The van der Waals surface area contributed by atoms with Crippen molar-refractivity contribution in [1.29, 1.82) is 0 Å². The van der Waals surface area contributed by atoms with E-state index in [1.807, 2.05) is 13.1 Å². The lowest BCUT2D eigenvalue weighted by Gasteiger charge is -2.15. The maximum absolute atomic E-state index is 5.00. The van der Waals surface area contributed by atoms with Gasteiger partial charge in [-0.3, -0.25) is 0 Å². The van der Waals surface area contributed by atoms with E-state index in [1.54, 1.807) is 46.3 Å². The van der Waals surface area contributed by atoms with Crippen molar-refractivity contribution in [2.45, 2.75) is 45.2 Å². The van der Waals surface area contributed by atoms with Gasteiger partial charge in [0.2, 0.25) is 0 Å². The molecule has 0 heterocycles. The van der Waals surface area contributed by atoms with E-state index in [4.69, 9.17) is 8.85 Å². The van der Waals surface area contributed by atoms with E-state index in [9.17, 15) is 0 Å². The fourth-order valence-electron chi connectivity index (χ4n) is 2.26. The molecule has 2 aliphatic rings. The molecular formula is C11H24O2Si. The Morgan fingerprint density at radius 2 is 1.21 bits per heavy atom. The summed E-state index contributed by atoms with van der Waals surface area (Å²) in [5.41, 5.74) is 0. The van der Waals surface area contributed by atoms with Gasteiger partial charge in [0.05, 0.1) is 0 Å². The zero-order valence-electron chi connectivity index (χ0n) is 10.0. The van der Waals surface area contributed by atoms with E-state index < -0.39 is 8.56 Å². The molecule has 2 fully saturated rings. The average molecular weight is 216 g/mol. The summed E-state index contributed by atoms with van der Waals surface area (Å²) in [6.45, 7) is 3.99. The van der Waals surface area contributed by atoms with Gasteiger partial charge in [0.1, 0.15) is 0 Å². The van der Waals surface area contributed by atoms with Crippen molar-refractivity contribution in [1.82, 2.24) is 0 Å². The normalized spacial score (nSPS) is 30.0. The van der Waals surface area contributed by atoms with Gasteiger partial charge in [-0.2, -0.15) is 0 Å². The fourth-order valence-corrected chi connectivity index (χ4v) is 2.42. The number of fused-ring (bicyclic) bond motifs is 2. The second-order valence-corrected chi connectivity index (χ2v) is 8.55. The van der Waals surface area contributed by atoms with Gasteiger partial charge >= 0.3 is 8.56 Å². The van der Waals surface area contributed by atoms with Crippen molar-refractivity contribution in [2.24, 2.45) is 11.8 Å². The molecule has 2 rings (SSSR count). The van der Waals surface area contributed by atoms with Crippen LogP contribution in [0.1, 0.15) is 32.1 Å². The van der Waals surface area contributed by atoms with Crippen LogP contribution in [0.5, 0.6) is 0 Å². The molecule has 14 heavy (non-hydrogen) atoms. The number of hydrogen-bond acceptors (Lipinski definition) is 2. The molecule has 84 valence electrons. The standard InChI is InChI=1S/C7H12.C4H12O2Si/c1-2-7-4-3-6(1)5-7;1-5-7(3,4)6-2/h6-7H,1-5H2;1-4H3. The van der Waals surface area contributed by atoms with Crippen LogP contribution in [0.4, 0.5) is 0 Å². The third kappa shape index (κ3) is 3.71. The molecule has 2 saturated carbocycles. The van der Waals surface area contributed by atoms with Gasteiger partial charge in [0.25, 0.3) is 0 Å². The highest BCUT2D eigenvalue weighted by molar-refractivity contribution is 6.64. The summed E-state index contributed by atoms with van der Waals surface area (Å²) in [7, 11) is 1.70. The average Bonchev–Trinajstić information content (AvgIpc) is 2.82. The Morgan fingerprint density at radius 3 is 1.29 bits per heavy atom. The van der Waals surface area contributed by atoms with Gasteiger partial charge in [-0.25, -0.2) is 0 Å². The summed E-state index contributed by atoms with van der Waals surface area (Å²) >= 11 is 0. The second kappa shape index (κ2) is 5.28. The summed E-state index contributed by atoms with van der Waals surface area (Å²) in [4.78, 5) is 0. The third-order valence-corrected chi connectivity index (χ3v) is 5.58. The van der Waals surface area contributed by atoms with E-state index in [0.717, 1.165) is 0 Å². The highest BCUT2D eigenvalue weighted by Gasteiger charge is 2.30. The summed E-state index contributed by atoms with van der Waals surface area (Å²) in [5.74, 6) is 2.34. The van der Waals surface area contributed by atoms with Gasteiger partial charge in [-0.15, -0.1) is 0 Å². The monoisotopic (exact) mass is 216 g/mol. The topological polar surface area (TPSA) is 18.5 Å². The summed E-state index contributed by atoms with van der Waals surface area (Å²) in [5, 5.41) is 0. The van der Waals surface area contributed by atoms with Crippen LogP contribution >= 0.6 is 0 Å². The minimum absolute atomic E-state index is 1.17. The maximum Gasteiger partial charge on any atom is 0.331 e. The first kappa shape index (κ1) is 12.2. The Hall–Kier alpha value is 0.137. The van der Waals surface area contributed by atoms with Crippen LogP contribution < -0.4 is 0 Å². The van der Waals surface area contributed by atoms with Gasteiger partial charge in [-0.05, 0) is 31.4 Å². The minimum Gasteiger partial charge on any atom is -0.398 e. The van der Waals surface area contributed by atoms with Crippen LogP contribution in [0.15, 0.2) is 0 Å². The predicted molar refractivity (Wildman–Crippen MR) is 61.6 cm³/mol. The first-order chi connectivity index (χ1) is 6.57. The van der Waals surface area contributed by atoms with Gasteiger partial charge in [0, 0.05) is 14.2 Å². The Morgan fingerprint density at radius 1 is 0.857 bits per heavy atom. The fraction of sp³-hybridized carbons (Fsp3) is 1.00.